The van der Waals surface area contributed by atoms with E-state index >= 15 is 0 Å². The minimum atomic E-state index is -0.456. The third-order valence-corrected chi connectivity index (χ3v) is 13.2. The average molecular weight is 759 g/mol. The molecule has 0 radical (unpaired) electrons. The van der Waals surface area contributed by atoms with Crippen LogP contribution in [0.4, 0.5) is 17.1 Å². The molecular formula is C56H42N2O. The first-order valence-electron chi connectivity index (χ1n) is 21.0. The maximum atomic E-state index is 6.60. The first-order chi connectivity index (χ1) is 29.2. The second-order valence-corrected chi connectivity index (χ2v) is 16.4. The van der Waals surface area contributed by atoms with Crippen molar-refractivity contribution in [2.24, 2.45) is 5.92 Å². The van der Waals surface area contributed by atoms with Crippen molar-refractivity contribution >= 4 is 55.9 Å². The fourth-order valence-electron chi connectivity index (χ4n) is 10.6. The molecule has 3 heteroatoms. The highest BCUT2D eigenvalue weighted by molar-refractivity contribution is 6.11. The van der Waals surface area contributed by atoms with Crippen LogP contribution in [0.15, 0.2) is 198 Å². The first-order valence-corrected chi connectivity index (χ1v) is 21.0. The summed E-state index contributed by atoms with van der Waals surface area (Å²) in [5.74, 6) is 1.35. The van der Waals surface area contributed by atoms with Crippen LogP contribution in [-0.2, 0) is 11.8 Å². The van der Waals surface area contributed by atoms with Gasteiger partial charge in [0.05, 0.1) is 16.4 Å². The maximum Gasteiger partial charge on any atom is 0.137 e. The summed E-state index contributed by atoms with van der Waals surface area (Å²) in [7, 11) is 0. The Morgan fingerprint density at radius 3 is 2.20 bits per heavy atom. The highest BCUT2D eigenvalue weighted by Crippen LogP contribution is 2.59. The molecule has 7 aromatic carbocycles. The van der Waals surface area contributed by atoms with Crippen molar-refractivity contribution in [3.8, 4) is 16.8 Å². The standard InChI is InChI=1S/C56H42N2O/c1-37-16-8-12-24-49(37)56(38-17-4-2-5-18-38)50-25-13-9-21-43(50)44-31-28-41(35-51(44)56)57(42-29-32-47-46-23-11-15-27-54(46)59-55(47)36-42)40-30-33-53-48(34-40)45-22-10-14-26-52(45)58(53)39-19-6-3-7-20-39/h2-10,12-15,17-22,24-37H,11,16,23H2,1H3. The predicted molar refractivity (Wildman–Crippen MR) is 245 cm³/mol. The van der Waals surface area contributed by atoms with Gasteiger partial charge < -0.3 is 13.9 Å². The molecule has 0 aliphatic heterocycles. The van der Waals surface area contributed by atoms with Gasteiger partial charge in [-0.25, -0.2) is 0 Å². The molecule has 0 fully saturated rings. The second-order valence-electron chi connectivity index (χ2n) is 16.4. The predicted octanol–water partition coefficient (Wildman–Crippen LogP) is 14.8. The van der Waals surface area contributed by atoms with Gasteiger partial charge in [-0.05, 0) is 125 Å². The summed E-state index contributed by atoms with van der Waals surface area (Å²) in [5.41, 5.74) is 16.6. The Hall–Kier alpha value is -7.10. The first kappa shape index (κ1) is 34.0. The van der Waals surface area contributed by atoms with Gasteiger partial charge in [0.2, 0.25) is 0 Å². The van der Waals surface area contributed by atoms with E-state index < -0.39 is 5.41 Å². The normalized spacial score (nSPS) is 17.9. The summed E-state index contributed by atoms with van der Waals surface area (Å²) >= 11 is 0. The number of benzene rings is 7. The minimum absolute atomic E-state index is 0.366. The van der Waals surface area contributed by atoms with Crippen LogP contribution in [0.5, 0.6) is 0 Å². The summed E-state index contributed by atoms with van der Waals surface area (Å²) in [5, 5.41) is 3.65. The minimum Gasteiger partial charge on any atom is -0.456 e. The molecule has 2 atom stereocenters. The number of allylic oxidation sites excluding steroid dienone is 5. The van der Waals surface area contributed by atoms with Gasteiger partial charge in [-0.2, -0.15) is 0 Å². The zero-order valence-electron chi connectivity index (χ0n) is 33.0. The lowest BCUT2D eigenvalue weighted by molar-refractivity contribution is 0.576. The van der Waals surface area contributed by atoms with Crippen molar-refractivity contribution in [2.75, 3.05) is 4.90 Å². The molecule has 3 aliphatic rings. The molecule has 2 heterocycles. The zero-order valence-corrected chi connectivity index (χ0v) is 33.0. The van der Waals surface area contributed by atoms with Crippen molar-refractivity contribution in [2.45, 2.75) is 31.6 Å². The van der Waals surface area contributed by atoms with Gasteiger partial charge in [-0.3, -0.25) is 0 Å². The van der Waals surface area contributed by atoms with E-state index in [4.69, 9.17) is 4.42 Å². The summed E-state index contributed by atoms with van der Waals surface area (Å²) in [4.78, 5) is 2.45. The number of hydrogen-bond donors (Lipinski definition) is 0. The molecule has 0 bridgehead atoms. The number of para-hydroxylation sites is 2. The highest BCUT2D eigenvalue weighted by Gasteiger charge is 2.48. The van der Waals surface area contributed by atoms with Gasteiger partial charge in [0.1, 0.15) is 11.3 Å². The maximum absolute atomic E-state index is 6.60. The van der Waals surface area contributed by atoms with E-state index in [2.05, 4.69) is 211 Å². The molecule has 9 aromatic rings. The molecule has 59 heavy (non-hydrogen) atoms. The molecule has 3 nitrogen and oxygen atoms in total. The summed E-state index contributed by atoms with van der Waals surface area (Å²) < 4.78 is 8.99. The molecule has 0 saturated carbocycles. The molecular weight excluding hydrogens is 717 g/mol. The Balaban J connectivity index is 1.13. The summed E-state index contributed by atoms with van der Waals surface area (Å²) in [6.07, 6.45) is 14.4. The van der Waals surface area contributed by atoms with Crippen LogP contribution in [-0.4, -0.2) is 4.57 Å². The molecule has 3 aliphatic carbocycles. The fourth-order valence-corrected chi connectivity index (χ4v) is 10.6. The number of aryl methyl sites for hydroxylation is 1. The van der Waals surface area contributed by atoms with Crippen molar-refractivity contribution in [1.82, 2.24) is 4.57 Å². The summed E-state index contributed by atoms with van der Waals surface area (Å²) in [6, 6.07) is 60.8. The molecule has 282 valence electrons. The number of fused-ring (bicyclic) bond motifs is 9. The zero-order chi connectivity index (χ0) is 39.1. The quantitative estimate of drug-likeness (QED) is 0.168. The Bertz CT molecular complexity index is 3210. The largest absolute Gasteiger partial charge is 0.456 e. The van der Waals surface area contributed by atoms with Crippen LogP contribution < -0.4 is 4.90 Å². The van der Waals surface area contributed by atoms with Crippen molar-refractivity contribution in [3.63, 3.8) is 0 Å². The Labute approximate surface area is 344 Å². The Morgan fingerprint density at radius 2 is 1.32 bits per heavy atom. The van der Waals surface area contributed by atoms with Crippen LogP contribution in [0.25, 0.3) is 55.7 Å². The molecule has 12 rings (SSSR count). The van der Waals surface area contributed by atoms with Crippen molar-refractivity contribution in [3.05, 3.63) is 222 Å². The van der Waals surface area contributed by atoms with Crippen LogP contribution in [0.1, 0.15) is 47.8 Å². The number of anilines is 3. The Kier molecular flexibility index (Phi) is 7.62. The van der Waals surface area contributed by atoms with Crippen LogP contribution >= 0.6 is 0 Å². The number of hydrogen-bond acceptors (Lipinski definition) is 2. The van der Waals surface area contributed by atoms with E-state index in [0.717, 1.165) is 53.4 Å². The third-order valence-electron chi connectivity index (χ3n) is 13.2. The van der Waals surface area contributed by atoms with Gasteiger partial charge in [0.25, 0.3) is 0 Å². The number of rotatable bonds is 6. The number of furan rings is 1. The second kappa shape index (κ2) is 13.2. The smallest absolute Gasteiger partial charge is 0.137 e. The van der Waals surface area contributed by atoms with E-state index in [0.29, 0.717) is 5.92 Å². The molecule has 0 N–H and O–H groups in total. The fraction of sp³-hybridized carbons (Fsp3) is 0.107. The van der Waals surface area contributed by atoms with Gasteiger partial charge in [0.15, 0.2) is 0 Å². The van der Waals surface area contributed by atoms with Gasteiger partial charge in [0, 0.05) is 50.5 Å². The van der Waals surface area contributed by atoms with Crippen molar-refractivity contribution in [1.29, 1.82) is 0 Å². The molecule has 2 aromatic heterocycles. The van der Waals surface area contributed by atoms with Gasteiger partial charge in [-0.1, -0.05) is 128 Å². The van der Waals surface area contributed by atoms with E-state index in [9.17, 15) is 0 Å². The average Bonchev–Trinajstić information content (AvgIpc) is 3.93. The Morgan fingerprint density at radius 1 is 0.610 bits per heavy atom. The van der Waals surface area contributed by atoms with E-state index in [1.54, 1.807) is 0 Å². The lowest BCUT2D eigenvalue weighted by Crippen LogP contribution is -2.33. The molecule has 0 saturated heterocycles. The van der Waals surface area contributed by atoms with E-state index in [1.807, 2.05) is 0 Å². The molecule has 2 unspecified atom stereocenters. The SMILES string of the molecule is CC1CC=CC=C1C1(c2ccccc2)c2ccccc2-c2ccc(N(c3ccc4c5c(oc4c3)C=CCC5)c3ccc4c(c3)c3ccccc3n4-c3ccccc3)cc21. The van der Waals surface area contributed by atoms with Crippen molar-refractivity contribution < 1.29 is 4.42 Å². The van der Waals surface area contributed by atoms with E-state index in [-0.39, 0.29) is 0 Å². The number of nitrogens with zero attached hydrogens (tertiary/aromatic N) is 2. The molecule has 0 amide bonds. The highest BCUT2D eigenvalue weighted by atomic mass is 16.3. The van der Waals surface area contributed by atoms with Gasteiger partial charge >= 0.3 is 0 Å². The van der Waals surface area contributed by atoms with E-state index in [1.165, 1.54) is 66.1 Å². The third kappa shape index (κ3) is 5.01. The van der Waals surface area contributed by atoms with Gasteiger partial charge in [-0.15, -0.1) is 0 Å². The van der Waals surface area contributed by atoms with Crippen LogP contribution in [0, 0.1) is 5.92 Å². The number of aromatic nitrogens is 1. The van der Waals surface area contributed by atoms with Crippen LogP contribution in [0.3, 0.4) is 0 Å². The summed E-state index contributed by atoms with van der Waals surface area (Å²) in [6.45, 7) is 2.39. The lowest BCUT2D eigenvalue weighted by atomic mass is 9.63. The topological polar surface area (TPSA) is 21.3 Å². The lowest BCUT2D eigenvalue weighted by Gasteiger charge is -2.40. The molecule has 0 spiro atoms. The van der Waals surface area contributed by atoms with Crippen LogP contribution in [0.2, 0.25) is 0 Å². The monoisotopic (exact) mass is 758 g/mol.